The second-order valence-corrected chi connectivity index (χ2v) is 4.57. The summed E-state index contributed by atoms with van der Waals surface area (Å²) in [5.74, 6) is -0.745. The average molecular weight is 296 g/mol. The minimum absolute atomic E-state index is 0.00907. The molecule has 5 nitrogen and oxygen atoms in total. The van der Waals surface area contributed by atoms with E-state index in [1.807, 2.05) is 0 Å². The smallest absolute Gasteiger partial charge is 0.180 e. The monoisotopic (exact) mass is 295 g/mol. The molecule has 0 aliphatic carbocycles. The minimum atomic E-state index is -0.467. The summed E-state index contributed by atoms with van der Waals surface area (Å²) in [6, 6.07) is 1.30. The number of Topliss-reactive ketones (excluding diaryl/α,β-unsaturated/α-hetero) is 1. The van der Waals surface area contributed by atoms with Gasteiger partial charge in [-0.2, -0.15) is 5.10 Å². The van der Waals surface area contributed by atoms with Crippen molar-refractivity contribution in [1.29, 1.82) is 0 Å². The summed E-state index contributed by atoms with van der Waals surface area (Å²) in [6.07, 6.45) is 3.24. The van der Waals surface area contributed by atoms with Crippen molar-refractivity contribution in [2.45, 2.75) is 19.9 Å². The highest BCUT2D eigenvalue weighted by molar-refractivity contribution is 6.31. The summed E-state index contributed by atoms with van der Waals surface area (Å²) in [5, 5.41) is 4.28. The van der Waals surface area contributed by atoms with Crippen molar-refractivity contribution in [3.63, 3.8) is 0 Å². The van der Waals surface area contributed by atoms with Gasteiger partial charge in [-0.15, -0.1) is 0 Å². The van der Waals surface area contributed by atoms with E-state index >= 15 is 0 Å². The quantitative estimate of drug-likeness (QED) is 0.625. The number of carbonyl (C=O) groups excluding carboxylic acids is 2. The molecule has 0 atom stereocenters. The van der Waals surface area contributed by atoms with E-state index in [9.17, 15) is 14.0 Å². The first kappa shape index (κ1) is 14.3. The van der Waals surface area contributed by atoms with Gasteiger partial charge in [-0.1, -0.05) is 11.6 Å². The maximum absolute atomic E-state index is 13.1. The molecule has 20 heavy (non-hydrogen) atoms. The number of rotatable bonds is 5. The maximum atomic E-state index is 13.1. The molecule has 0 amide bonds. The molecule has 0 aromatic carbocycles. The Morgan fingerprint density at radius 2 is 2.25 bits per heavy atom. The highest BCUT2D eigenvalue weighted by Crippen LogP contribution is 2.22. The number of aldehydes is 1. The number of nitrogens with zero attached hydrogens (tertiary/aromatic N) is 3. The fraction of sp³-hybridized carbons (Fsp3) is 0.231. The molecule has 0 saturated heterocycles. The van der Waals surface area contributed by atoms with E-state index in [4.69, 9.17) is 11.6 Å². The Morgan fingerprint density at radius 3 is 2.85 bits per heavy atom. The van der Waals surface area contributed by atoms with Crippen molar-refractivity contribution in [2.24, 2.45) is 0 Å². The molecule has 2 rings (SSSR count). The van der Waals surface area contributed by atoms with Gasteiger partial charge in [0.2, 0.25) is 0 Å². The zero-order valence-corrected chi connectivity index (χ0v) is 11.4. The zero-order chi connectivity index (χ0) is 14.7. The van der Waals surface area contributed by atoms with Gasteiger partial charge in [0.1, 0.15) is 23.0 Å². The molecule has 0 saturated carbocycles. The Morgan fingerprint density at radius 1 is 1.50 bits per heavy atom. The molecule has 0 fully saturated rings. The van der Waals surface area contributed by atoms with Crippen LogP contribution in [0.15, 0.2) is 18.5 Å². The number of hydrogen-bond donors (Lipinski definition) is 0. The standard InChI is InChI=1S/C13H11ClFN3O2/c1-8(20)12-11(2-3-19)13(14)18(17-12)7-9-4-10(15)6-16-5-9/h3-6H,2,7H2,1H3. The molecule has 0 aliphatic heterocycles. The molecular formula is C13H11ClFN3O2. The van der Waals surface area contributed by atoms with Crippen molar-refractivity contribution >= 4 is 23.7 Å². The lowest BCUT2D eigenvalue weighted by atomic mass is 10.1. The second kappa shape index (κ2) is 5.92. The Bertz CT molecular complexity index is 670. The van der Waals surface area contributed by atoms with Crippen LogP contribution in [0.25, 0.3) is 0 Å². The number of ketones is 1. The van der Waals surface area contributed by atoms with Gasteiger partial charge in [0, 0.05) is 25.1 Å². The van der Waals surface area contributed by atoms with Crippen molar-refractivity contribution in [2.75, 3.05) is 0 Å². The van der Waals surface area contributed by atoms with E-state index < -0.39 is 5.82 Å². The Labute approximate surface area is 119 Å². The van der Waals surface area contributed by atoms with Crippen molar-refractivity contribution in [3.8, 4) is 0 Å². The van der Waals surface area contributed by atoms with Gasteiger partial charge in [-0.05, 0) is 11.6 Å². The van der Waals surface area contributed by atoms with Crippen LogP contribution in [0.3, 0.4) is 0 Å². The Kier molecular flexibility index (Phi) is 4.24. The van der Waals surface area contributed by atoms with E-state index in [0.29, 0.717) is 17.4 Å². The predicted octanol–water partition coefficient (Wildman–Crippen LogP) is 2.06. The Balaban J connectivity index is 2.39. The van der Waals surface area contributed by atoms with Gasteiger partial charge in [-0.25, -0.2) is 9.07 Å². The summed E-state index contributed by atoms with van der Waals surface area (Å²) >= 11 is 6.12. The van der Waals surface area contributed by atoms with Gasteiger partial charge in [0.25, 0.3) is 0 Å². The number of hydrogen-bond acceptors (Lipinski definition) is 4. The van der Waals surface area contributed by atoms with Crippen LogP contribution >= 0.6 is 11.6 Å². The molecule has 0 radical (unpaired) electrons. The van der Waals surface area contributed by atoms with Gasteiger partial charge in [0.15, 0.2) is 5.78 Å². The van der Waals surface area contributed by atoms with E-state index in [-0.39, 0.29) is 29.6 Å². The van der Waals surface area contributed by atoms with E-state index in [1.54, 1.807) is 0 Å². The predicted molar refractivity (Wildman–Crippen MR) is 70.3 cm³/mol. The molecule has 0 spiro atoms. The lowest BCUT2D eigenvalue weighted by Crippen LogP contribution is -2.04. The first-order valence-electron chi connectivity index (χ1n) is 5.82. The number of aromatic nitrogens is 3. The van der Waals surface area contributed by atoms with E-state index in [0.717, 1.165) is 6.20 Å². The Hall–Kier alpha value is -2.08. The number of pyridine rings is 1. The topological polar surface area (TPSA) is 64.8 Å². The maximum Gasteiger partial charge on any atom is 0.180 e. The number of halogens is 2. The fourth-order valence-electron chi connectivity index (χ4n) is 1.85. The molecule has 2 aromatic rings. The number of carbonyl (C=O) groups is 2. The zero-order valence-electron chi connectivity index (χ0n) is 10.6. The third-order valence-electron chi connectivity index (χ3n) is 2.70. The van der Waals surface area contributed by atoms with Crippen LogP contribution in [-0.2, 0) is 17.8 Å². The molecule has 0 unspecified atom stereocenters. The molecule has 0 bridgehead atoms. The normalized spacial score (nSPS) is 10.6. The van der Waals surface area contributed by atoms with Gasteiger partial charge in [0.05, 0.1) is 12.7 Å². The van der Waals surface area contributed by atoms with Crippen LogP contribution in [0, 0.1) is 5.82 Å². The van der Waals surface area contributed by atoms with Crippen LogP contribution in [0.4, 0.5) is 4.39 Å². The molecule has 2 aromatic heterocycles. The van der Waals surface area contributed by atoms with Crippen LogP contribution < -0.4 is 0 Å². The lowest BCUT2D eigenvalue weighted by Gasteiger charge is -2.03. The van der Waals surface area contributed by atoms with Crippen molar-refractivity contribution in [1.82, 2.24) is 14.8 Å². The lowest BCUT2D eigenvalue weighted by molar-refractivity contribution is -0.107. The average Bonchev–Trinajstić information content (AvgIpc) is 2.69. The third kappa shape index (κ3) is 2.91. The van der Waals surface area contributed by atoms with Crippen molar-refractivity contribution in [3.05, 3.63) is 46.3 Å². The fourth-order valence-corrected chi connectivity index (χ4v) is 2.11. The van der Waals surface area contributed by atoms with Gasteiger partial charge in [-0.3, -0.25) is 9.78 Å². The highest BCUT2D eigenvalue weighted by atomic mass is 35.5. The molecule has 2 heterocycles. The first-order valence-corrected chi connectivity index (χ1v) is 6.20. The first-order chi connectivity index (χ1) is 9.52. The molecule has 7 heteroatoms. The summed E-state index contributed by atoms with van der Waals surface area (Å²) in [6.45, 7) is 1.52. The SMILES string of the molecule is CC(=O)c1nn(Cc2cncc(F)c2)c(Cl)c1CC=O. The summed E-state index contributed by atoms with van der Waals surface area (Å²) in [5.41, 5.74) is 1.10. The van der Waals surface area contributed by atoms with Crippen molar-refractivity contribution < 1.29 is 14.0 Å². The second-order valence-electron chi connectivity index (χ2n) is 4.21. The molecular weight excluding hydrogens is 285 g/mol. The third-order valence-corrected chi connectivity index (χ3v) is 3.12. The van der Waals surface area contributed by atoms with E-state index in [2.05, 4.69) is 10.1 Å². The molecule has 0 aliphatic rings. The van der Waals surface area contributed by atoms with Crippen LogP contribution in [-0.4, -0.2) is 26.8 Å². The molecule has 104 valence electrons. The minimum Gasteiger partial charge on any atom is -0.303 e. The van der Waals surface area contributed by atoms with Crippen LogP contribution in [0.1, 0.15) is 28.5 Å². The summed E-state index contributed by atoms with van der Waals surface area (Å²) in [7, 11) is 0. The summed E-state index contributed by atoms with van der Waals surface area (Å²) in [4.78, 5) is 25.9. The molecule has 0 N–H and O–H groups in total. The van der Waals surface area contributed by atoms with Gasteiger partial charge >= 0.3 is 0 Å². The highest BCUT2D eigenvalue weighted by Gasteiger charge is 2.19. The summed E-state index contributed by atoms with van der Waals surface area (Å²) < 4.78 is 14.4. The van der Waals surface area contributed by atoms with Crippen LogP contribution in [0.5, 0.6) is 0 Å². The van der Waals surface area contributed by atoms with E-state index in [1.165, 1.54) is 23.9 Å². The van der Waals surface area contributed by atoms with Gasteiger partial charge < -0.3 is 4.79 Å². The largest absolute Gasteiger partial charge is 0.303 e. The van der Waals surface area contributed by atoms with Crippen LogP contribution in [0.2, 0.25) is 5.15 Å².